The third-order valence-electron chi connectivity index (χ3n) is 4.34. The van der Waals surface area contributed by atoms with Crippen molar-refractivity contribution >= 4 is 22.6 Å². The molecule has 0 unspecified atom stereocenters. The molecule has 152 valence electrons. The standard InChI is InChI=1S/C18H21F3N4O3/c1-17(2,3)28-16(27)25-8-6-24(7-9-25)11-4-5-12-13(10-11)14(18(19,20)21)22-23-15(12)26/h4-5,10H,6-9H2,1-3H3,(H,23,26). The summed E-state index contributed by atoms with van der Waals surface area (Å²) in [5.41, 5.74) is -1.87. The molecule has 1 aromatic heterocycles. The van der Waals surface area contributed by atoms with Gasteiger partial charge in [0.05, 0.1) is 5.39 Å². The summed E-state index contributed by atoms with van der Waals surface area (Å²) in [5, 5.41) is 4.75. The molecular formula is C18H21F3N4O3. The zero-order chi connectivity index (χ0) is 20.7. The fraction of sp³-hybridized carbons (Fsp3) is 0.500. The average molecular weight is 398 g/mol. The van der Waals surface area contributed by atoms with Crippen LogP contribution in [0.15, 0.2) is 23.0 Å². The van der Waals surface area contributed by atoms with Crippen LogP contribution in [0, 0.1) is 0 Å². The highest BCUT2D eigenvalue weighted by Crippen LogP contribution is 2.33. The second-order valence-electron chi connectivity index (χ2n) is 7.58. The molecule has 1 N–H and O–H groups in total. The molecule has 0 radical (unpaired) electrons. The van der Waals surface area contributed by atoms with E-state index in [1.54, 1.807) is 31.7 Å². The molecule has 28 heavy (non-hydrogen) atoms. The minimum Gasteiger partial charge on any atom is -0.444 e. The molecule has 1 aliphatic rings. The lowest BCUT2D eigenvalue weighted by Crippen LogP contribution is -2.50. The molecule has 0 aliphatic carbocycles. The number of nitrogens with one attached hydrogen (secondary N) is 1. The summed E-state index contributed by atoms with van der Waals surface area (Å²) in [7, 11) is 0. The van der Waals surface area contributed by atoms with Gasteiger partial charge in [-0.05, 0) is 39.0 Å². The van der Waals surface area contributed by atoms with Crippen molar-refractivity contribution in [3.63, 3.8) is 0 Å². The molecule has 0 atom stereocenters. The summed E-state index contributed by atoms with van der Waals surface area (Å²) in [6.07, 6.45) is -5.10. The first-order valence-electron chi connectivity index (χ1n) is 8.78. The predicted octanol–water partition coefficient (Wildman–Crippen LogP) is 3.00. The summed E-state index contributed by atoms with van der Waals surface area (Å²) < 4.78 is 45.1. The van der Waals surface area contributed by atoms with E-state index in [0.29, 0.717) is 31.9 Å². The molecule has 0 saturated carbocycles. The number of aromatic amines is 1. The topological polar surface area (TPSA) is 78.5 Å². The maximum absolute atomic E-state index is 13.2. The summed E-state index contributed by atoms with van der Waals surface area (Å²) in [5.74, 6) is 0. The van der Waals surface area contributed by atoms with Gasteiger partial charge in [-0.1, -0.05) is 0 Å². The highest BCUT2D eigenvalue weighted by Gasteiger charge is 2.36. The molecule has 2 heterocycles. The van der Waals surface area contributed by atoms with Crippen molar-refractivity contribution in [1.29, 1.82) is 0 Å². The van der Waals surface area contributed by atoms with E-state index in [0.717, 1.165) is 0 Å². The van der Waals surface area contributed by atoms with Crippen molar-refractivity contribution in [1.82, 2.24) is 15.1 Å². The smallest absolute Gasteiger partial charge is 0.435 e. The number of H-pyrrole nitrogens is 1. The van der Waals surface area contributed by atoms with E-state index >= 15 is 0 Å². The first kappa shape index (κ1) is 20.0. The van der Waals surface area contributed by atoms with Crippen LogP contribution in [-0.4, -0.2) is 53.0 Å². The molecular weight excluding hydrogens is 377 g/mol. The number of aromatic nitrogens is 2. The molecule has 7 nitrogen and oxygen atoms in total. The number of rotatable bonds is 1. The molecule has 1 aliphatic heterocycles. The minimum atomic E-state index is -4.68. The number of piperazine rings is 1. The summed E-state index contributed by atoms with van der Waals surface area (Å²) >= 11 is 0. The normalized spacial score (nSPS) is 15.8. The van der Waals surface area contributed by atoms with E-state index < -0.39 is 29.1 Å². The Kier molecular flexibility index (Phi) is 4.99. The van der Waals surface area contributed by atoms with E-state index in [2.05, 4.69) is 5.10 Å². The van der Waals surface area contributed by atoms with Gasteiger partial charge in [-0.15, -0.1) is 0 Å². The Labute approximate surface area is 159 Å². The first-order chi connectivity index (χ1) is 13.0. The zero-order valence-electron chi connectivity index (χ0n) is 15.8. The number of hydrogen-bond acceptors (Lipinski definition) is 5. The number of fused-ring (bicyclic) bond motifs is 1. The monoisotopic (exact) mass is 398 g/mol. The van der Waals surface area contributed by atoms with Gasteiger partial charge in [0.2, 0.25) is 0 Å². The van der Waals surface area contributed by atoms with Gasteiger partial charge < -0.3 is 14.5 Å². The van der Waals surface area contributed by atoms with Gasteiger partial charge in [-0.2, -0.15) is 18.3 Å². The molecule has 1 aromatic carbocycles. The van der Waals surface area contributed by atoms with Crippen molar-refractivity contribution in [3.8, 4) is 0 Å². The number of carbonyl (C=O) groups excluding carboxylic acids is 1. The van der Waals surface area contributed by atoms with Crippen LogP contribution in [0.1, 0.15) is 26.5 Å². The largest absolute Gasteiger partial charge is 0.444 e. The maximum Gasteiger partial charge on any atom is 0.435 e. The Morgan fingerprint density at radius 1 is 1.11 bits per heavy atom. The Bertz CT molecular complexity index is 942. The predicted molar refractivity (Wildman–Crippen MR) is 97.4 cm³/mol. The second kappa shape index (κ2) is 6.99. The number of ether oxygens (including phenoxy) is 1. The lowest BCUT2D eigenvalue weighted by atomic mass is 10.1. The zero-order valence-corrected chi connectivity index (χ0v) is 15.8. The number of nitrogens with zero attached hydrogens (tertiary/aromatic N) is 3. The maximum atomic E-state index is 13.2. The van der Waals surface area contributed by atoms with Gasteiger partial charge >= 0.3 is 12.3 Å². The quantitative estimate of drug-likeness (QED) is 0.799. The summed E-state index contributed by atoms with van der Waals surface area (Å²) in [4.78, 5) is 27.4. The molecule has 1 fully saturated rings. The first-order valence-corrected chi connectivity index (χ1v) is 8.78. The Balaban J connectivity index is 1.82. The fourth-order valence-electron chi connectivity index (χ4n) is 3.04. The number of amides is 1. The fourth-order valence-corrected chi connectivity index (χ4v) is 3.04. The van der Waals surface area contributed by atoms with E-state index in [9.17, 15) is 22.8 Å². The van der Waals surface area contributed by atoms with Gasteiger partial charge in [-0.25, -0.2) is 9.89 Å². The van der Waals surface area contributed by atoms with Crippen LogP contribution in [0.5, 0.6) is 0 Å². The van der Waals surface area contributed by atoms with Gasteiger partial charge in [0, 0.05) is 37.3 Å². The van der Waals surface area contributed by atoms with Crippen LogP contribution in [0.3, 0.4) is 0 Å². The highest BCUT2D eigenvalue weighted by atomic mass is 19.4. The van der Waals surface area contributed by atoms with Crippen LogP contribution >= 0.6 is 0 Å². The lowest BCUT2D eigenvalue weighted by molar-refractivity contribution is -0.140. The van der Waals surface area contributed by atoms with Crippen molar-refractivity contribution in [2.24, 2.45) is 0 Å². The van der Waals surface area contributed by atoms with Gasteiger partial charge in [0.15, 0.2) is 5.69 Å². The van der Waals surface area contributed by atoms with Gasteiger partial charge in [0.1, 0.15) is 5.60 Å². The number of carbonyl (C=O) groups is 1. The summed E-state index contributed by atoms with van der Waals surface area (Å²) in [6, 6.07) is 4.28. The third-order valence-corrected chi connectivity index (χ3v) is 4.34. The van der Waals surface area contributed by atoms with Crippen LogP contribution < -0.4 is 10.5 Å². The van der Waals surface area contributed by atoms with Crippen molar-refractivity contribution in [2.45, 2.75) is 32.5 Å². The Morgan fingerprint density at radius 3 is 2.32 bits per heavy atom. The number of alkyl halides is 3. The molecule has 3 rings (SSSR count). The lowest BCUT2D eigenvalue weighted by Gasteiger charge is -2.36. The molecule has 0 spiro atoms. The van der Waals surface area contributed by atoms with Gasteiger partial charge in [-0.3, -0.25) is 4.79 Å². The van der Waals surface area contributed by atoms with E-state index in [-0.39, 0.29) is 10.8 Å². The number of hydrogen-bond donors (Lipinski definition) is 1. The van der Waals surface area contributed by atoms with Crippen molar-refractivity contribution < 1.29 is 22.7 Å². The molecule has 2 aromatic rings. The van der Waals surface area contributed by atoms with E-state index in [4.69, 9.17) is 4.74 Å². The van der Waals surface area contributed by atoms with Crippen molar-refractivity contribution in [3.05, 3.63) is 34.2 Å². The van der Waals surface area contributed by atoms with E-state index in [1.807, 2.05) is 10.00 Å². The third kappa shape index (κ3) is 4.20. The minimum absolute atomic E-state index is 0.0709. The van der Waals surface area contributed by atoms with Crippen LogP contribution in [0.2, 0.25) is 0 Å². The molecule has 10 heteroatoms. The Hall–Kier alpha value is -2.78. The molecule has 1 saturated heterocycles. The van der Waals surface area contributed by atoms with Crippen LogP contribution in [0.25, 0.3) is 10.8 Å². The van der Waals surface area contributed by atoms with E-state index in [1.165, 1.54) is 12.1 Å². The number of benzene rings is 1. The van der Waals surface area contributed by atoms with Crippen LogP contribution in [0.4, 0.5) is 23.7 Å². The highest BCUT2D eigenvalue weighted by molar-refractivity contribution is 5.87. The number of halogens is 3. The SMILES string of the molecule is CC(C)(C)OC(=O)N1CCN(c2ccc3c(=O)[nH]nc(C(F)(F)F)c3c2)CC1. The number of anilines is 1. The Morgan fingerprint density at radius 2 is 1.75 bits per heavy atom. The summed E-state index contributed by atoms with van der Waals surface area (Å²) in [6.45, 7) is 6.98. The van der Waals surface area contributed by atoms with Crippen LogP contribution in [-0.2, 0) is 10.9 Å². The molecule has 1 amide bonds. The molecule has 0 bridgehead atoms. The average Bonchev–Trinajstić information content (AvgIpc) is 2.59. The van der Waals surface area contributed by atoms with Crippen molar-refractivity contribution in [2.75, 3.05) is 31.1 Å². The second-order valence-corrected chi connectivity index (χ2v) is 7.58. The van der Waals surface area contributed by atoms with Gasteiger partial charge in [0.25, 0.3) is 5.56 Å².